The van der Waals surface area contributed by atoms with Gasteiger partial charge >= 0.3 is 0 Å². The van der Waals surface area contributed by atoms with Crippen molar-refractivity contribution in [2.75, 3.05) is 37.6 Å². The number of thiophene rings is 1. The number of rotatable bonds is 6. The average molecular weight is 395 g/mol. The maximum Gasteiger partial charge on any atom is 0.218 e. The Kier molecular flexibility index (Phi) is 5.64. The van der Waals surface area contributed by atoms with Gasteiger partial charge in [-0.3, -0.25) is 4.79 Å². The zero-order valence-electron chi connectivity index (χ0n) is 16.6. The van der Waals surface area contributed by atoms with E-state index in [0.717, 1.165) is 49.7 Å². The number of Topliss-reactive ketones (excluding diaryl/α,β-unsaturated/α-hetero) is 1. The summed E-state index contributed by atoms with van der Waals surface area (Å²) in [5, 5.41) is 2.11. The molecule has 0 aliphatic carbocycles. The van der Waals surface area contributed by atoms with E-state index in [1.165, 1.54) is 15.5 Å². The minimum absolute atomic E-state index is 0.272. The van der Waals surface area contributed by atoms with Gasteiger partial charge in [0.2, 0.25) is 5.78 Å². The number of hydrogen-bond donors (Lipinski definition) is 1. The van der Waals surface area contributed by atoms with E-state index < -0.39 is 0 Å². The summed E-state index contributed by atoms with van der Waals surface area (Å²) < 4.78 is 2.27. The summed E-state index contributed by atoms with van der Waals surface area (Å²) in [7, 11) is 0. The van der Waals surface area contributed by atoms with Crippen molar-refractivity contribution in [2.24, 2.45) is 0 Å². The first-order chi connectivity index (χ1) is 13.6. The summed E-state index contributed by atoms with van der Waals surface area (Å²) in [4.78, 5) is 18.1. The Hall–Kier alpha value is -2.37. The molecular formula is C23H28N3OS+. The molecule has 0 radical (unpaired) electrons. The van der Waals surface area contributed by atoms with Crippen LogP contribution in [0.25, 0.3) is 0 Å². The number of nitrogens with zero attached hydrogens (tertiary/aromatic N) is 2. The van der Waals surface area contributed by atoms with Gasteiger partial charge in [0.1, 0.15) is 6.54 Å². The van der Waals surface area contributed by atoms with Crippen molar-refractivity contribution < 1.29 is 9.69 Å². The Morgan fingerprint density at radius 3 is 2.50 bits per heavy atom. The lowest BCUT2D eigenvalue weighted by atomic mass is 10.1. The van der Waals surface area contributed by atoms with Crippen LogP contribution >= 0.6 is 11.3 Å². The van der Waals surface area contributed by atoms with Crippen molar-refractivity contribution in [1.29, 1.82) is 0 Å². The molecule has 4 rings (SSSR count). The van der Waals surface area contributed by atoms with Crippen LogP contribution in [-0.2, 0) is 6.54 Å². The largest absolute Gasteiger partial charge is 0.360 e. The molecule has 3 heterocycles. The number of ketones is 1. The van der Waals surface area contributed by atoms with Crippen LogP contribution in [-0.4, -0.2) is 43.1 Å². The van der Waals surface area contributed by atoms with Gasteiger partial charge in [-0.1, -0.05) is 24.3 Å². The van der Waals surface area contributed by atoms with E-state index in [4.69, 9.17) is 0 Å². The van der Waals surface area contributed by atoms with Crippen molar-refractivity contribution in [1.82, 2.24) is 4.57 Å². The van der Waals surface area contributed by atoms with E-state index in [1.807, 2.05) is 0 Å². The lowest BCUT2D eigenvalue weighted by molar-refractivity contribution is -0.892. The van der Waals surface area contributed by atoms with Gasteiger partial charge in [0, 0.05) is 27.5 Å². The molecule has 1 fully saturated rings. The van der Waals surface area contributed by atoms with Gasteiger partial charge in [-0.15, -0.1) is 11.3 Å². The Balaban J connectivity index is 1.38. The van der Waals surface area contributed by atoms with E-state index in [-0.39, 0.29) is 5.78 Å². The van der Waals surface area contributed by atoms with Crippen molar-refractivity contribution in [3.8, 4) is 0 Å². The SMILES string of the molecule is Cc1cc(C(=O)C[NH+]2CCN(c3ccccc3)CC2)c(C)n1Cc1cccs1. The van der Waals surface area contributed by atoms with E-state index in [1.54, 1.807) is 11.3 Å². The molecule has 0 unspecified atom stereocenters. The standard InChI is InChI=1S/C23H27N3OS/c1-18-15-22(19(2)26(18)16-21-9-6-14-28-21)23(27)17-24-10-12-25(13-11-24)20-7-4-3-5-8-20/h3-9,14-15H,10-13,16-17H2,1-2H3/p+1. The third-order valence-corrected chi connectivity index (χ3v) is 6.63. The number of carbonyl (C=O) groups is 1. The second-order valence-corrected chi connectivity index (χ2v) is 8.66. The molecule has 0 saturated carbocycles. The summed E-state index contributed by atoms with van der Waals surface area (Å²) in [6.45, 7) is 9.65. The molecule has 1 N–H and O–H groups in total. The van der Waals surface area contributed by atoms with Crippen LogP contribution in [0.5, 0.6) is 0 Å². The molecule has 4 nitrogen and oxygen atoms in total. The van der Waals surface area contributed by atoms with Crippen LogP contribution in [0.3, 0.4) is 0 Å². The summed E-state index contributed by atoms with van der Waals surface area (Å²) in [6.07, 6.45) is 0. The van der Waals surface area contributed by atoms with Gasteiger partial charge in [-0.2, -0.15) is 0 Å². The minimum Gasteiger partial charge on any atom is -0.360 e. The molecule has 0 bridgehead atoms. The monoisotopic (exact) mass is 394 g/mol. The molecule has 1 aliphatic rings. The Morgan fingerprint density at radius 1 is 1.07 bits per heavy atom. The first-order valence-electron chi connectivity index (χ1n) is 9.97. The highest BCUT2D eigenvalue weighted by atomic mass is 32.1. The van der Waals surface area contributed by atoms with Crippen molar-refractivity contribution in [2.45, 2.75) is 20.4 Å². The maximum absolute atomic E-state index is 13.0. The Labute approximate surface area is 171 Å². The Morgan fingerprint density at radius 2 is 1.82 bits per heavy atom. The second-order valence-electron chi connectivity index (χ2n) is 7.62. The number of aryl methyl sites for hydroxylation is 1. The lowest BCUT2D eigenvalue weighted by Crippen LogP contribution is -3.15. The Bertz CT molecular complexity index is 922. The number of aromatic nitrogens is 1. The molecule has 0 amide bonds. The van der Waals surface area contributed by atoms with Crippen LogP contribution in [0.15, 0.2) is 53.9 Å². The van der Waals surface area contributed by atoms with Crippen LogP contribution < -0.4 is 9.80 Å². The van der Waals surface area contributed by atoms with E-state index in [0.29, 0.717) is 6.54 Å². The van der Waals surface area contributed by atoms with Gasteiger partial charge in [-0.25, -0.2) is 0 Å². The smallest absolute Gasteiger partial charge is 0.218 e. The number of quaternary nitrogens is 1. The first kappa shape index (κ1) is 19.0. The van der Waals surface area contributed by atoms with Crippen molar-refractivity contribution >= 4 is 22.8 Å². The number of para-hydroxylation sites is 1. The highest BCUT2D eigenvalue weighted by Gasteiger charge is 2.25. The van der Waals surface area contributed by atoms with Gasteiger partial charge in [0.25, 0.3) is 0 Å². The molecule has 1 aliphatic heterocycles. The predicted molar refractivity (Wildman–Crippen MR) is 116 cm³/mol. The number of benzene rings is 1. The predicted octanol–water partition coefficient (Wildman–Crippen LogP) is 2.80. The molecule has 2 aromatic heterocycles. The van der Waals surface area contributed by atoms with Gasteiger partial charge < -0.3 is 14.4 Å². The molecular weight excluding hydrogens is 366 g/mol. The summed E-state index contributed by atoms with van der Waals surface area (Å²) in [6, 6.07) is 16.9. The molecule has 0 spiro atoms. The zero-order valence-corrected chi connectivity index (χ0v) is 17.5. The third-order valence-electron chi connectivity index (χ3n) is 5.77. The molecule has 28 heavy (non-hydrogen) atoms. The molecule has 5 heteroatoms. The number of piperazine rings is 1. The number of nitrogens with one attached hydrogen (secondary N) is 1. The third kappa shape index (κ3) is 4.05. The topological polar surface area (TPSA) is 29.7 Å². The van der Waals surface area contributed by atoms with Crippen LogP contribution in [0.2, 0.25) is 0 Å². The van der Waals surface area contributed by atoms with E-state index >= 15 is 0 Å². The van der Waals surface area contributed by atoms with E-state index in [2.05, 4.69) is 77.2 Å². The summed E-state index contributed by atoms with van der Waals surface area (Å²) in [5.74, 6) is 0.272. The summed E-state index contributed by atoms with van der Waals surface area (Å²) in [5.41, 5.74) is 4.44. The molecule has 0 atom stereocenters. The van der Waals surface area contributed by atoms with Crippen molar-refractivity contribution in [3.63, 3.8) is 0 Å². The number of carbonyl (C=O) groups excluding carboxylic acids is 1. The summed E-state index contributed by atoms with van der Waals surface area (Å²) >= 11 is 1.77. The highest BCUT2D eigenvalue weighted by molar-refractivity contribution is 7.09. The van der Waals surface area contributed by atoms with Gasteiger partial charge in [-0.05, 0) is 43.5 Å². The maximum atomic E-state index is 13.0. The van der Waals surface area contributed by atoms with Crippen LogP contribution in [0, 0.1) is 13.8 Å². The molecule has 1 aromatic carbocycles. The van der Waals surface area contributed by atoms with Gasteiger partial charge in [0.15, 0.2) is 0 Å². The fourth-order valence-corrected chi connectivity index (χ4v) is 4.80. The van der Waals surface area contributed by atoms with Crippen LogP contribution in [0.4, 0.5) is 5.69 Å². The number of anilines is 1. The van der Waals surface area contributed by atoms with E-state index in [9.17, 15) is 4.79 Å². The fourth-order valence-electron chi connectivity index (χ4n) is 4.10. The molecule has 146 valence electrons. The molecule has 3 aromatic rings. The fraction of sp³-hybridized carbons (Fsp3) is 0.348. The lowest BCUT2D eigenvalue weighted by Gasteiger charge is -2.33. The van der Waals surface area contributed by atoms with Gasteiger partial charge in [0.05, 0.1) is 32.7 Å². The number of hydrogen-bond acceptors (Lipinski definition) is 3. The quantitative estimate of drug-likeness (QED) is 0.652. The highest BCUT2D eigenvalue weighted by Crippen LogP contribution is 2.19. The normalized spacial score (nSPS) is 15.1. The average Bonchev–Trinajstić information content (AvgIpc) is 3.33. The molecule has 1 saturated heterocycles. The zero-order chi connectivity index (χ0) is 19.5. The first-order valence-corrected chi connectivity index (χ1v) is 10.9. The second kappa shape index (κ2) is 8.33. The van der Waals surface area contributed by atoms with Crippen molar-refractivity contribution in [3.05, 3.63) is 75.7 Å². The minimum atomic E-state index is 0.272. The van der Waals surface area contributed by atoms with Crippen LogP contribution in [0.1, 0.15) is 26.6 Å².